The van der Waals surface area contributed by atoms with E-state index in [0.29, 0.717) is 17.9 Å². The largest absolute Gasteiger partial charge is 0.480 e. The van der Waals surface area contributed by atoms with Gasteiger partial charge in [0.1, 0.15) is 5.54 Å². The Bertz CT molecular complexity index is 611. The van der Waals surface area contributed by atoms with E-state index in [0.717, 1.165) is 12.0 Å². The molecule has 0 radical (unpaired) electrons. The van der Waals surface area contributed by atoms with E-state index in [9.17, 15) is 19.5 Å². The Morgan fingerprint density at radius 2 is 1.87 bits per heavy atom. The number of carboxylic acid groups (broad SMARTS) is 1. The van der Waals surface area contributed by atoms with Crippen LogP contribution < -0.4 is 10.6 Å². The van der Waals surface area contributed by atoms with Gasteiger partial charge < -0.3 is 15.7 Å². The molecule has 3 N–H and O–H groups in total. The molecular formula is C16H19ClN2O4. The molecule has 1 saturated carbocycles. The SMILES string of the molecule is CC(=O)NC(CC(=O)NC1(C(=O)O)CCC1)c1ccc(Cl)cc1. The minimum atomic E-state index is -1.15. The van der Waals surface area contributed by atoms with E-state index in [4.69, 9.17) is 11.6 Å². The minimum absolute atomic E-state index is 0.0315. The minimum Gasteiger partial charge on any atom is -0.480 e. The summed E-state index contributed by atoms with van der Waals surface area (Å²) < 4.78 is 0. The molecule has 7 heteroatoms. The Morgan fingerprint density at radius 3 is 2.30 bits per heavy atom. The van der Waals surface area contributed by atoms with Gasteiger partial charge in [-0.2, -0.15) is 0 Å². The van der Waals surface area contributed by atoms with Gasteiger partial charge in [-0.1, -0.05) is 23.7 Å². The van der Waals surface area contributed by atoms with Gasteiger partial charge >= 0.3 is 5.97 Å². The van der Waals surface area contributed by atoms with Crippen LogP contribution >= 0.6 is 11.6 Å². The van der Waals surface area contributed by atoms with E-state index in [1.54, 1.807) is 24.3 Å². The molecule has 1 atom stereocenters. The first-order valence-corrected chi connectivity index (χ1v) is 7.77. The lowest BCUT2D eigenvalue weighted by Crippen LogP contribution is -2.59. The van der Waals surface area contributed by atoms with Crippen molar-refractivity contribution in [2.75, 3.05) is 0 Å². The van der Waals surface area contributed by atoms with E-state index < -0.39 is 23.5 Å². The Kier molecular flexibility index (Phi) is 5.26. The zero-order chi connectivity index (χ0) is 17.0. The second-order valence-corrected chi connectivity index (χ2v) is 6.23. The van der Waals surface area contributed by atoms with Crippen molar-refractivity contribution in [3.8, 4) is 0 Å². The predicted molar refractivity (Wildman–Crippen MR) is 85.0 cm³/mol. The van der Waals surface area contributed by atoms with Gasteiger partial charge in [0, 0.05) is 11.9 Å². The van der Waals surface area contributed by atoms with Crippen LogP contribution in [0.1, 0.15) is 44.2 Å². The highest BCUT2D eigenvalue weighted by Gasteiger charge is 2.45. The van der Waals surface area contributed by atoms with Crippen LogP contribution in [0.25, 0.3) is 0 Å². The average molecular weight is 339 g/mol. The molecule has 1 aromatic carbocycles. The number of nitrogens with one attached hydrogen (secondary N) is 2. The standard InChI is InChI=1S/C16H19ClN2O4/c1-10(20)18-13(11-3-5-12(17)6-4-11)9-14(21)19-16(15(22)23)7-2-8-16/h3-6,13H,2,7-9H2,1H3,(H,18,20)(H,19,21)(H,22,23). The highest BCUT2D eigenvalue weighted by Crippen LogP contribution is 2.32. The van der Waals surface area contributed by atoms with Gasteiger partial charge in [0.2, 0.25) is 11.8 Å². The molecule has 23 heavy (non-hydrogen) atoms. The summed E-state index contributed by atoms with van der Waals surface area (Å²) >= 11 is 5.84. The molecule has 1 fully saturated rings. The predicted octanol–water partition coefficient (Wildman–Crippen LogP) is 2.03. The van der Waals surface area contributed by atoms with Crippen molar-refractivity contribution >= 4 is 29.4 Å². The molecule has 1 aliphatic carbocycles. The number of halogens is 1. The second-order valence-electron chi connectivity index (χ2n) is 5.80. The molecular weight excluding hydrogens is 320 g/mol. The summed E-state index contributed by atoms with van der Waals surface area (Å²) in [6.45, 7) is 1.37. The second kappa shape index (κ2) is 7.00. The first-order chi connectivity index (χ1) is 10.8. The van der Waals surface area contributed by atoms with Crippen molar-refractivity contribution in [2.45, 2.75) is 44.2 Å². The highest BCUT2D eigenvalue weighted by atomic mass is 35.5. The molecule has 0 saturated heterocycles. The zero-order valence-electron chi connectivity index (χ0n) is 12.8. The Hall–Kier alpha value is -2.08. The average Bonchev–Trinajstić information content (AvgIpc) is 2.42. The van der Waals surface area contributed by atoms with Crippen LogP contribution in [0.2, 0.25) is 5.02 Å². The summed E-state index contributed by atoms with van der Waals surface area (Å²) in [5, 5.41) is 15.1. The summed E-state index contributed by atoms with van der Waals surface area (Å²) in [6, 6.07) is 6.28. The number of aliphatic carboxylic acids is 1. The normalized spacial score (nSPS) is 16.8. The number of carbonyl (C=O) groups is 3. The van der Waals surface area contributed by atoms with Gasteiger partial charge in [0.25, 0.3) is 0 Å². The quantitative estimate of drug-likeness (QED) is 0.739. The Balaban J connectivity index is 2.08. The van der Waals surface area contributed by atoms with Crippen LogP contribution in [0.4, 0.5) is 0 Å². The third-order valence-electron chi connectivity index (χ3n) is 4.03. The van der Waals surface area contributed by atoms with Crippen LogP contribution in [-0.4, -0.2) is 28.4 Å². The first-order valence-electron chi connectivity index (χ1n) is 7.39. The summed E-state index contributed by atoms with van der Waals surface area (Å²) in [5.41, 5.74) is -0.421. The van der Waals surface area contributed by atoms with Crippen molar-refractivity contribution in [3.63, 3.8) is 0 Å². The zero-order valence-corrected chi connectivity index (χ0v) is 13.5. The van der Waals surface area contributed by atoms with Gasteiger partial charge in [-0.3, -0.25) is 9.59 Å². The number of rotatable bonds is 6. The molecule has 0 heterocycles. The van der Waals surface area contributed by atoms with E-state index >= 15 is 0 Å². The van der Waals surface area contributed by atoms with Crippen LogP contribution in [0.15, 0.2) is 24.3 Å². The maximum absolute atomic E-state index is 12.2. The van der Waals surface area contributed by atoms with Gasteiger partial charge in [0.05, 0.1) is 12.5 Å². The third kappa shape index (κ3) is 4.22. The lowest BCUT2D eigenvalue weighted by Gasteiger charge is -2.38. The fraction of sp³-hybridized carbons (Fsp3) is 0.438. The van der Waals surface area contributed by atoms with E-state index in [-0.39, 0.29) is 12.3 Å². The van der Waals surface area contributed by atoms with Crippen molar-refractivity contribution in [2.24, 2.45) is 0 Å². The highest BCUT2D eigenvalue weighted by molar-refractivity contribution is 6.30. The van der Waals surface area contributed by atoms with Gasteiger partial charge in [-0.05, 0) is 37.0 Å². The molecule has 2 amide bonds. The number of carbonyl (C=O) groups excluding carboxylic acids is 2. The van der Waals surface area contributed by atoms with E-state index in [1.165, 1.54) is 6.92 Å². The molecule has 1 unspecified atom stereocenters. The molecule has 124 valence electrons. The van der Waals surface area contributed by atoms with Crippen molar-refractivity contribution in [1.82, 2.24) is 10.6 Å². The number of carboxylic acids is 1. The van der Waals surface area contributed by atoms with Crippen LogP contribution in [0.5, 0.6) is 0 Å². The topological polar surface area (TPSA) is 95.5 Å². The van der Waals surface area contributed by atoms with Crippen molar-refractivity contribution in [1.29, 1.82) is 0 Å². The molecule has 6 nitrogen and oxygen atoms in total. The smallest absolute Gasteiger partial charge is 0.329 e. The molecule has 0 spiro atoms. The van der Waals surface area contributed by atoms with Gasteiger partial charge in [0.15, 0.2) is 0 Å². The number of hydrogen-bond donors (Lipinski definition) is 3. The lowest BCUT2D eigenvalue weighted by atomic mass is 9.76. The van der Waals surface area contributed by atoms with Crippen LogP contribution in [-0.2, 0) is 14.4 Å². The monoisotopic (exact) mass is 338 g/mol. The van der Waals surface area contributed by atoms with Crippen molar-refractivity contribution in [3.05, 3.63) is 34.9 Å². The van der Waals surface area contributed by atoms with Crippen LogP contribution in [0, 0.1) is 0 Å². The lowest BCUT2D eigenvalue weighted by molar-refractivity contribution is -0.152. The maximum atomic E-state index is 12.2. The molecule has 1 aromatic rings. The summed E-state index contributed by atoms with van der Waals surface area (Å²) in [6.07, 6.45) is 1.61. The third-order valence-corrected chi connectivity index (χ3v) is 4.29. The number of hydrogen-bond acceptors (Lipinski definition) is 3. The van der Waals surface area contributed by atoms with E-state index in [2.05, 4.69) is 10.6 Å². The first kappa shape index (κ1) is 17.3. The number of benzene rings is 1. The molecule has 0 aromatic heterocycles. The summed E-state index contributed by atoms with van der Waals surface area (Å²) in [7, 11) is 0. The summed E-state index contributed by atoms with van der Waals surface area (Å²) in [4.78, 5) is 34.9. The van der Waals surface area contributed by atoms with Gasteiger partial charge in [-0.15, -0.1) is 0 Å². The van der Waals surface area contributed by atoms with Gasteiger partial charge in [-0.25, -0.2) is 4.79 Å². The molecule has 2 rings (SSSR count). The Morgan fingerprint density at radius 1 is 1.26 bits per heavy atom. The Labute approximate surface area is 139 Å². The molecule has 1 aliphatic rings. The van der Waals surface area contributed by atoms with Crippen LogP contribution in [0.3, 0.4) is 0 Å². The summed E-state index contributed by atoms with van der Waals surface area (Å²) in [5.74, 6) is -1.69. The fourth-order valence-corrected chi connectivity index (χ4v) is 2.74. The number of amides is 2. The molecule has 0 aliphatic heterocycles. The molecule has 0 bridgehead atoms. The maximum Gasteiger partial charge on any atom is 0.329 e. The fourth-order valence-electron chi connectivity index (χ4n) is 2.62. The van der Waals surface area contributed by atoms with E-state index in [1.807, 2.05) is 0 Å². The van der Waals surface area contributed by atoms with Crippen molar-refractivity contribution < 1.29 is 19.5 Å².